The Kier molecular flexibility index (Phi) is 2.60. The topological polar surface area (TPSA) is 60.2 Å². The van der Waals surface area contributed by atoms with Gasteiger partial charge in [-0.1, -0.05) is 0 Å². The van der Waals surface area contributed by atoms with Gasteiger partial charge in [0.05, 0.1) is 11.5 Å². The van der Waals surface area contributed by atoms with Crippen molar-refractivity contribution in [2.24, 2.45) is 11.7 Å². The van der Waals surface area contributed by atoms with Crippen LogP contribution < -0.4 is 5.73 Å². The van der Waals surface area contributed by atoms with Crippen molar-refractivity contribution < 1.29 is 8.42 Å². The van der Waals surface area contributed by atoms with Crippen LogP contribution in [0.2, 0.25) is 0 Å². The van der Waals surface area contributed by atoms with Crippen LogP contribution in [0, 0.1) is 5.92 Å². The second-order valence-electron chi connectivity index (χ2n) is 5.04. The van der Waals surface area contributed by atoms with Gasteiger partial charge in [0.2, 0.25) is 0 Å². The lowest BCUT2D eigenvalue weighted by Crippen LogP contribution is -2.49. The molecule has 1 aliphatic carbocycles. The molecule has 0 radical (unpaired) electrons. The van der Waals surface area contributed by atoms with E-state index in [0.29, 0.717) is 17.4 Å². The fourth-order valence-electron chi connectivity index (χ4n) is 2.69. The molecule has 14 heavy (non-hydrogen) atoms. The summed E-state index contributed by atoms with van der Waals surface area (Å²) < 4.78 is 22.8. The molecule has 0 bridgehead atoms. The predicted molar refractivity (Wildman–Crippen MR) is 56.8 cm³/mol. The normalized spacial score (nSPS) is 34.8. The van der Waals surface area contributed by atoms with Crippen LogP contribution in [0.5, 0.6) is 0 Å². The molecule has 0 amide bonds. The van der Waals surface area contributed by atoms with Crippen molar-refractivity contribution in [1.29, 1.82) is 0 Å². The Balaban J connectivity index is 1.92. The van der Waals surface area contributed by atoms with Crippen LogP contribution in [0.1, 0.15) is 38.5 Å². The molecule has 0 aromatic carbocycles. The zero-order chi connectivity index (χ0) is 10.2. The van der Waals surface area contributed by atoms with E-state index in [0.717, 1.165) is 32.1 Å². The number of nitrogens with two attached hydrogens (primary N) is 1. The fraction of sp³-hybridized carbons (Fsp3) is 1.00. The standard InChI is InChI=1S/C10H19NO2S/c11-10(4-2-5-10)7-9-3-1-6-14(12,13)8-9/h9H,1-8,11H2. The third-order valence-corrected chi connectivity index (χ3v) is 5.49. The summed E-state index contributed by atoms with van der Waals surface area (Å²) >= 11 is 0. The van der Waals surface area contributed by atoms with E-state index in [4.69, 9.17) is 5.73 Å². The van der Waals surface area contributed by atoms with E-state index in [1.54, 1.807) is 0 Å². The smallest absolute Gasteiger partial charge is 0.150 e. The first-order valence-corrected chi connectivity index (χ1v) is 7.31. The Morgan fingerprint density at radius 2 is 2.00 bits per heavy atom. The first-order valence-electron chi connectivity index (χ1n) is 5.48. The van der Waals surface area contributed by atoms with Gasteiger partial charge in [-0.3, -0.25) is 0 Å². The van der Waals surface area contributed by atoms with Gasteiger partial charge in [-0.05, 0) is 44.4 Å². The van der Waals surface area contributed by atoms with E-state index < -0.39 is 9.84 Å². The van der Waals surface area contributed by atoms with Crippen molar-refractivity contribution in [2.75, 3.05) is 11.5 Å². The summed E-state index contributed by atoms with van der Waals surface area (Å²) in [6.45, 7) is 0. The molecule has 1 saturated carbocycles. The molecule has 0 aromatic heterocycles. The molecule has 2 aliphatic rings. The third kappa shape index (κ3) is 2.28. The van der Waals surface area contributed by atoms with Gasteiger partial charge in [0.15, 0.2) is 9.84 Å². The van der Waals surface area contributed by atoms with E-state index in [9.17, 15) is 8.42 Å². The summed E-state index contributed by atoms with van der Waals surface area (Å²) in [7, 11) is -2.74. The van der Waals surface area contributed by atoms with Crippen LogP contribution in [-0.4, -0.2) is 25.5 Å². The first-order chi connectivity index (χ1) is 6.49. The lowest BCUT2D eigenvalue weighted by atomic mass is 9.72. The number of hydrogen-bond donors (Lipinski definition) is 1. The summed E-state index contributed by atoms with van der Waals surface area (Å²) in [5.74, 6) is 1.10. The van der Waals surface area contributed by atoms with Crippen LogP contribution >= 0.6 is 0 Å². The van der Waals surface area contributed by atoms with Gasteiger partial charge in [0.1, 0.15) is 0 Å². The van der Waals surface area contributed by atoms with Crippen molar-refractivity contribution in [1.82, 2.24) is 0 Å². The van der Waals surface area contributed by atoms with Crippen LogP contribution in [0.15, 0.2) is 0 Å². The second-order valence-corrected chi connectivity index (χ2v) is 7.27. The Labute approximate surface area is 86.0 Å². The van der Waals surface area contributed by atoms with E-state index in [2.05, 4.69) is 0 Å². The summed E-state index contributed by atoms with van der Waals surface area (Å²) in [5, 5.41) is 0. The van der Waals surface area contributed by atoms with Crippen LogP contribution in [0.4, 0.5) is 0 Å². The average molecular weight is 217 g/mol. The average Bonchev–Trinajstić information content (AvgIpc) is 1.99. The Morgan fingerprint density at radius 1 is 1.29 bits per heavy atom. The van der Waals surface area contributed by atoms with E-state index in [1.807, 2.05) is 0 Å². The Hall–Kier alpha value is -0.0900. The molecule has 1 atom stereocenters. The Bertz CT molecular complexity index is 306. The molecule has 2 rings (SSSR count). The van der Waals surface area contributed by atoms with Gasteiger partial charge in [-0.15, -0.1) is 0 Å². The van der Waals surface area contributed by atoms with Crippen LogP contribution in [0.25, 0.3) is 0 Å². The van der Waals surface area contributed by atoms with Crippen LogP contribution in [0.3, 0.4) is 0 Å². The van der Waals surface area contributed by atoms with Crippen molar-refractivity contribution in [2.45, 2.75) is 44.1 Å². The lowest BCUT2D eigenvalue weighted by Gasteiger charge is -2.41. The monoisotopic (exact) mass is 217 g/mol. The van der Waals surface area contributed by atoms with Gasteiger partial charge < -0.3 is 5.73 Å². The molecule has 2 N–H and O–H groups in total. The molecular weight excluding hydrogens is 198 g/mol. The minimum atomic E-state index is -2.74. The van der Waals surface area contributed by atoms with Crippen molar-refractivity contribution in [3.63, 3.8) is 0 Å². The predicted octanol–water partition coefficient (Wildman–Crippen LogP) is 1.08. The Morgan fingerprint density at radius 3 is 2.50 bits per heavy atom. The molecule has 1 heterocycles. The number of sulfone groups is 1. The molecule has 0 aromatic rings. The fourth-order valence-corrected chi connectivity index (χ4v) is 4.46. The highest BCUT2D eigenvalue weighted by atomic mass is 32.2. The van der Waals surface area contributed by atoms with Crippen molar-refractivity contribution in [3.05, 3.63) is 0 Å². The highest BCUT2D eigenvalue weighted by Crippen LogP contribution is 2.37. The first kappa shape index (κ1) is 10.4. The second kappa shape index (κ2) is 3.49. The SMILES string of the molecule is NC1(CC2CCCS(=O)(=O)C2)CCC1. The van der Waals surface area contributed by atoms with Gasteiger partial charge in [-0.2, -0.15) is 0 Å². The minimum absolute atomic E-state index is 0.0163. The summed E-state index contributed by atoms with van der Waals surface area (Å²) in [6, 6.07) is 0. The summed E-state index contributed by atoms with van der Waals surface area (Å²) in [5.41, 5.74) is 6.11. The molecule has 3 nitrogen and oxygen atoms in total. The van der Waals surface area contributed by atoms with Crippen LogP contribution in [-0.2, 0) is 9.84 Å². The van der Waals surface area contributed by atoms with Gasteiger partial charge in [0.25, 0.3) is 0 Å². The van der Waals surface area contributed by atoms with Gasteiger partial charge >= 0.3 is 0 Å². The van der Waals surface area contributed by atoms with E-state index >= 15 is 0 Å². The molecule has 1 saturated heterocycles. The summed E-state index contributed by atoms with van der Waals surface area (Å²) in [6.07, 6.45) is 6.20. The van der Waals surface area contributed by atoms with E-state index in [1.165, 1.54) is 6.42 Å². The minimum Gasteiger partial charge on any atom is -0.325 e. The zero-order valence-electron chi connectivity index (χ0n) is 8.54. The number of hydrogen-bond acceptors (Lipinski definition) is 3. The maximum atomic E-state index is 11.4. The van der Waals surface area contributed by atoms with Gasteiger partial charge in [0, 0.05) is 5.54 Å². The highest BCUT2D eigenvalue weighted by molar-refractivity contribution is 7.91. The quantitative estimate of drug-likeness (QED) is 0.753. The zero-order valence-corrected chi connectivity index (χ0v) is 9.35. The lowest BCUT2D eigenvalue weighted by molar-refractivity contribution is 0.196. The molecule has 1 aliphatic heterocycles. The summed E-state index contributed by atoms with van der Waals surface area (Å²) in [4.78, 5) is 0. The molecular formula is C10H19NO2S. The molecule has 82 valence electrons. The van der Waals surface area contributed by atoms with Crippen molar-refractivity contribution >= 4 is 9.84 Å². The van der Waals surface area contributed by atoms with Crippen molar-refractivity contribution in [3.8, 4) is 0 Å². The van der Waals surface area contributed by atoms with E-state index in [-0.39, 0.29) is 5.54 Å². The maximum absolute atomic E-state index is 11.4. The molecule has 0 spiro atoms. The number of rotatable bonds is 2. The molecule has 4 heteroatoms. The third-order valence-electron chi connectivity index (χ3n) is 3.60. The van der Waals surface area contributed by atoms with Gasteiger partial charge in [-0.25, -0.2) is 8.42 Å². The maximum Gasteiger partial charge on any atom is 0.150 e. The highest BCUT2D eigenvalue weighted by Gasteiger charge is 2.37. The molecule has 2 fully saturated rings. The molecule has 1 unspecified atom stereocenters. The largest absolute Gasteiger partial charge is 0.325 e.